The van der Waals surface area contributed by atoms with Crippen molar-refractivity contribution in [2.75, 3.05) is 20.1 Å². The summed E-state index contributed by atoms with van der Waals surface area (Å²) >= 11 is 0. The fourth-order valence-corrected chi connectivity index (χ4v) is 2.78. The van der Waals surface area contributed by atoms with E-state index < -0.39 is 5.63 Å². The molecule has 1 aromatic heterocycles. The number of likely N-dealkylation sites (tertiary alicyclic amines) is 1. The second-order valence-electron chi connectivity index (χ2n) is 5.36. The summed E-state index contributed by atoms with van der Waals surface area (Å²) < 4.78 is 5.24. The number of likely N-dealkylation sites (N-methyl/N-ethyl adjacent to an activating group) is 1. The second kappa shape index (κ2) is 6.94. The maximum absolute atomic E-state index is 12.6. The summed E-state index contributed by atoms with van der Waals surface area (Å²) in [6.45, 7) is 1.31. The van der Waals surface area contributed by atoms with E-state index >= 15 is 0 Å². The van der Waals surface area contributed by atoms with Gasteiger partial charge in [0, 0.05) is 24.5 Å². The van der Waals surface area contributed by atoms with Crippen molar-refractivity contribution in [3.8, 4) is 0 Å². The molecule has 1 unspecified atom stereocenters. The summed E-state index contributed by atoms with van der Waals surface area (Å²) in [7, 11) is 1.89. The molecular formula is C16H19ClN2O3. The van der Waals surface area contributed by atoms with Crippen molar-refractivity contribution in [2.45, 2.75) is 18.9 Å². The number of hydrogen-bond acceptors (Lipinski definition) is 4. The molecule has 1 N–H and O–H groups in total. The minimum Gasteiger partial charge on any atom is -0.422 e. The zero-order valence-corrected chi connectivity index (χ0v) is 13.2. The van der Waals surface area contributed by atoms with Gasteiger partial charge in [0.25, 0.3) is 5.91 Å². The molecule has 0 aliphatic carbocycles. The van der Waals surface area contributed by atoms with Gasteiger partial charge in [-0.25, -0.2) is 4.79 Å². The minimum atomic E-state index is -0.565. The van der Waals surface area contributed by atoms with Crippen LogP contribution < -0.4 is 10.9 Å². The molecule has 0 radical (unpaired) electrons. The molecule has 0 bridgehead atoms. The number of benzene rings is 1. The Labute approximate surface area is 134 Å². The number of nitrogens with zero attached hydrogens (tertiary/aromatic N) is 1. The van der Waals surface area contributed by atoms with Crippen LogP contribution in [0.5, 0.6) is 0 Å². The van der Waals surface area contributed by atoms with E-state index in [2.05, 4.69) is 5.32 Å². The predicted octanol–water partition coefficient (Wildman–Crippen LogP) is 2.04. The lowest BCUT2D eigenvalue weighted by molar-refractivity contribution is 0.0694. The second-order valence-corrected chi connectivity index (χ2v) is 5.36. The molecule has 3 rings (SSSR count). The maximum Gasteiger partial charge on any atom is 0.349 e. The number of rotatable bonds is 2. The van der Waals surface area contributed by atoms with Gasteiger partial charge < -0.3 is 14.6 Å². The lowest BCUT2D eigenvalue weighted by Crippen LogP contribution is -2.47. The van der Waals surface area contributed by atoms with Crippen LogP contribution in [0.1, 0.15) is 23.2 Å². The summed E-state index contributed by atoms with van der Waals surface area (Å²) in [5.41, 5.74) is 0.0570. The highest BCUT2D eigenvalue weighted by Crippen LogP contribution is 2.16. The number of nitrogens with one attached hydrogen (secondary N) is 1. The Hall–Kier alpha value is -1.85. The summed E-state index contributed by atoms with van der Waals surface area (Å²) in [4.78, 5) is 26.3. The number of hydrogen-bond donors (Lipinski definition) is 1. The predicted molar refractivity (Wildman–Crippen MR) is 87.7 cm³/mol. The molecule has 5 nitrogen and oxygen atoms in total. The molecule has 118 valence electrons. The van der Waals surface area contributed by atoms with Crippen molar-refractivity contribution < 1.29 is 9.21 Å². The molecule has 1 saturated heterocycles. The Kier molecular flexibility index (Phi) is 5.21. The third-order valence-electron chi connectivity index (χ3n) is 3.99. The molecule has 1 amide bonds. The van der Waals surface area contributed by atoms with E-state index in [0.29, 0.717) is 18.7 Å². The minimum absolute atomic E-state index is 0. The Bertz CT molecular complexity index is 729. The summed E-state index contributed by atoms with van der Waals surface area (Å²) in [5.74, 6) is -0.241. The van der Waals surface area contributed by atoms with E-state index in [4.69, 9.17) is 4.42 Å². The van der Waals surface area contributed by atoms with Crippen LogP contribution in [0.3, 0.4) is 0 Å². The molecule has 1 aromatic carbocycles. The molecule has 22 heavy (non-hydrogen) atoms. The number of carbonyl (C=O) groups is 1. The lowest BCUT2D eigenvalue weighted by Gasteiger charge is -2.32. The van der Waals surface area contributed by atoms with Crippen LogP contribution in [-0.2, 0) is 0 Å². The van der Waals surface area contributed by atoms with Gasteiger partial charge in [-0.1, -0.05) is 18.2 Å². The fraction of sp³-hybridized carbons (Fsp3) is 0.375. The quantitative estimate of drug-likeness (QED) is 0.859. The van der Waals surface area contributed by atoms with Gasteiger partial charge in [0.1, 0.15) is 11.1 Å². The Morgan fingerprint density at radius 3 is 2.91 bits per heavy atom. The van der Waals surface area contributed by atoms with Crippen LogP contribution in [0.2, 0.25) is 0 Å². The number of amides is 1. The van der Waals surface area contributed by atoms with Crippen molar-refractivity contribution in [3.05, 3.63) is 46.3 Å². The van der Waals surface area contributed by atoms with Crippen molar-refractivity contribution in [1.29, 1.82) is 0 Å². The van der Waals surface area contributed by atoms with E-state index in [1.165, 1.54) is 0 Å². The number of carbonyl (C=O) groups excluding carboxylic acids is 1. The van der Waals surface area contributed by atoms with Crippen LogP contribution in [-0.4, -0.2) is 37.0 Å². The van der Waals surface area contributed by atoms with Crippen LogP contribution in [0, 0.1) is 0 Å². The van der Waals surface area contributed by atoms with Gasteiger partial charge in [-0.2, -0.15) is 0 Å². The highest BCUT2D eigenvalue weighted by atomic mass is 35.5. The Morgan fingerprint density at radius 2 is 2.14 bits per heavy atom. The van der Waals surface area contributed by atoms with Gasteiger partial charge in [0.05, 0.1) is 0 Å². The molecule has 2 aromatic rings. The third kappa shape index (κ3) is 3.15. The van der Waals surface area contributed by atoms with Gasteiger partial charge in [-0.05, 0) is 32.0 Å². The number of piperidine rings is 1. The summed E-state index contributed by atoms with van der Waals surface area (Å²) in [6, 6.07) is 9.13. The van der Waals surface area contributed by atoms with E-state index in [1.54, 1.807) is 23.1 Å². The monoisotopic (exact) mass is 322 g/mol. The summed E-state index contributed by atoms with van der Waals surface area (Å²) in [6.07, 6.45) is 1.99. The topological polar surface area (TPSA) is 62.6 Å². The maximum atomic E-state index is 12.6. The zero-order chi connectivity index (χ0) is 14.8. The molecule has 1 aliphatic rings. The molecule has 1 aliphatic heterocycles. The van der Waals surface area contributed by atoms with Crippen molar-refractivity contribution in [1.82, 2.24) is 10.2 Å². The molecule has 1 atom stereocenters. The standard InChI is InChI=1S/C16H18N2O3.ClH/c1-17-12-6-4-8-18(10-12)15(19)13-9-11-5-2-3-7-14(11)21-16(13)20;/h2-3,5,7,9,12,17H,4,6,8,10H2,1H3;1H. The van der Waals surface area contributed by atoms with Crippen molar-refractivity contribution in [3.63, 3.8) is 0 Å². The Balaban J connectivity index is 0.00000176. The van der Waals surface area contributed by atoms with Crippen molar-refractivity contribution >= 4 is 29.3 Å². The SMILES string of the molecule is CNC1CCCN(C(=O)c2cc3ccccc3oc2=O)C1.Cl. The molecule has 0 saturated carbocycles. The molecule has 1 fully saturated rings. The van der Waals surface area contributed by atoms with Crippen LogP contribution in [0.25, 0.3) is 11.0 Å². The van der Waals surface area contributed by atoms with Crippen LogP contribution >= 0.6 is 12.4 Å². The average Bonchev–Trinajstić information content (AvgIpc) is 2.53. The van der Waals surface area contributed by atoms with E-state index in [-0.39, 0.29) is 29.9 Å². The van der Waals surface area contributed by atoms with Crippen molar-refractivity contribution in [2.24, 2.45) is 0 Å². The highest BCUT2D eigenvalue weighted by Gasteiger charge is 2.25. The highest BCUT2D eigenvalue weighted by molar-refractivity contribution is 5.96. The molecule has 6 heteroatoms. The van der Waals surface area contributed by atoms with Gasteiger partial charge in [-0.15, -0.1) is 12.4 Å². The lowest BCUT2D eigenvalue weighted by atomic mass is 10.0. The normalized spacial score (nSPS) is 18.0. The first kappa shape index (κ1) is 16.5. The zero-order valence-electron chi connectivity index (χ0n) is 12.4. The average molecular weight is 323 g/mol. The molecular weight excluding hydrogens is 304 g/mol. The van der Waals surface area contributed by atoms with Gasteiger partial charge >= 0.3 is 5.63 Å². The Morgan fingerprint density at radius 1 is 1.36 bits per heavy atom. The number of halogens is 1. The van der Waals surface area contributed by atoms with Crippen LogP contribution in [0.4, 0.5) is 0 Å². The van der Waals surface area contributed by atoms with Crippen LogP contribution in [0.15, 0.2) is 39.5 Å². The van der Waals surface area contributed by atoms with Gasteiger partial charge in [-0.3, -0.25) is 4.79 Å². The van der Waals surface area contributed by atoms with E-state index in [0.717, 1.165) is 18.2 Å². The first-order valence-electron chi connectivity index (χ1n) is 7.18. The largest absolute Gasteiger partial charge is 0.422 e. The summed E-state index contributed by atoms with van der Waals surface area (Å²) in [5, 5.41) is 3.96. The first-order chi connectivity index (χ1) is 10.2. The first-order valence-corrected chi connectivity index (χ1v) is 7.18. The van der Waals surface area contributed by atoms with Gasteiger partial charge in [0.2, 0.25) is 0 Å². The van der Waals surface area contributed by atoms with E-state index in [9.17, 15) is 9.59 Å². The third-order valence-corrected chi connectivity index (χ3v) is 3.99. The number of fused-ring (bicyclic) bond motifs is 1. The smallest absolute Gasteiger partial charge is 0.349 e. The fourth-order valence-electron chi connectivity index (χ4n) is 2.78. The van der Waals surface area contributed by atoms with Gasteiger partial charge in [0.15, 0.2) is 0 Å². The molecule has 2 heterocycles. The van der Waals surface area contributed by atoms with E-state index in [1.807, 2.05) is 19.2 Å². The number of para-hydroxylation sites is 1. The molecule has 0 spiro atoms.